The number of carboxylic acid groups (broad SMARTS) is 1. The van der Waals surface area contributed by atoms with Crippen LogP contribution in [0.3, 0.4) is 0 Å². The number of allylic oxidation sites excluding steroid dienone is 3. The molecule has 1 aliphatic heterocycles. The molecule has 7 heteroatoms. The van der Waals surface area contributed by atoms with Crippen LogP contribution in [0.5, 0.6) is 0 Å². The molecule has 0 aromatic rings. The summed E-state index contributed by atoms with van der Waals surface area (Å²) >= 11 is 1.64. The van der Waals surface area contributed by atoms with Gasteiger partial charge in [0.1, 0.15) is 11.6 Å². The van der Waals surface area contributed by atoms with Crippen LogP contribution in [-0.4, -0.2) is 62.5 Å². The molecule has 2 fully saturated rings. The van der Waals surface area contributed by atoms with Crippen molar-refractivity contribution in [2.45, 2.75) is 65.0 Å². The smallest absolute Gasteiger partial charge is 0.326 e. The van der Waals surface area contributed by atoms with E-state index in [1.54, 1.807) is 18.7 Å². The van der Waals surface area contributed by atoms with Gasteiger partial charge in [0.25, 0.3) is 0 Å². The highest BCUT2D eigenvalue weighted by atomic mass is 32.2. The van der Waals surface area contributed by atoms with Crippen molar-refractivity contribution in [3.63, 3.8) is 0 Å². The number of hydrogen-bond acceptors (Lipinski definition) is 5. The van der Waals surface area contributed by atoms with Crippen LogP contribution in [0, 0.1) is 11.3 Å². The van der Waals surface area contributed by atoms with Crippen LogP contribution >= 0.6 is 11.8 Å². The zero-order valence-corrected chi connectivity index (χ0v) is 19.5. The summed E-state index contributed by atoms with van der Waals surface area (Å²) < 4.78 is 0. The quantitative estimate of drug-likeness (QED) is 0.652. The topological polar surface area (TPSA) is 94.9 Å². The number of carboxylic acids is 1. The average molecular weight is 446 g/mol. The van der Waals surface area contributed by atoms with Crippen molar-refractivity contribution in [2.24, 2.45) is 11.3 Å². The lowest BCUT2D eigenvalue weighted by molar-refractivity contribution is -0.149. The molecule has 1 saturated heterocycles. The van der Waals surface area contributed by atoms with E-state index in [0.29, 0.717) is 30.0 Å². The van der Waals surface area contributed by atoms with E-state index in [4.69, 9.17) is 0 Å². The molecule has 2 N–H and O–H groups in total. The Kier molecular flexibility index (Phi) is 5.49. The lowest BCUT2D eigenvalue weighted by Gasteiger charge is -2.39. The van der Waals surface area contributed by atoms with Crippen molar-refractivity contribution in [1.82, 2.24) is 4.90 Å². The predicted octanol–water partition coefficient (Wildman–Crippen LogP) is 3.12. The number of Topliss-reactive ketones (excluding diaryl/α,β-unsaturated/α-hetero) is 1. The summed E-state index contributed by atoms with van der Waals surface area (Å²) in [6, 6.07) is -0.699. The van der Waals surface area contributed by atoms with Gasteiger partial charge in [-0.25, -0.2) is 4.79 Å². The van der Waals surface area contributed by atoms with Gasteiger partial charge in [-0.3, -0.25) is 9.59 Å². The van der Waals surface area contributed by atoms with Crippen LogP contribution < -0.4 is 0 Å². The normalized spacial score (nSPS) is 30.1. The molecule has 0 radical (unpaired) electrons. The lowest BCUT2D eigenvalue weighted by atomic mass is 9.67. The molecule has 31 heavy (non-hydrogen) atoms. The minimum absolute atomic E-state index is 0.0930. The maximum atomic E-state index is 13.0. The number of carbonyl (C=O) groups excluding carboxylic acids is 2. The van der Waals surface area contributed by atoms with Gasteiger partial charge in [0, 0.05) is 35.0 Å². The first kappa shape index (κ1) is 22.3. The third kappa shape index (κ3) is 3.32. The summed E-state index contributed by atoms with van der Waals surface area (Å²) in [5.74, 6) is -0.184. The molecule has 4 aliphatic rings. The summed E-state index contributed by atoms with van der Waals surface area (Å²) in [6.45, 7) is 8.07. The zero-order valence-electron chi connectivity index (χ0n) is 18.7. The molecule has 0 aromatic carbocycles. The molecular formula is C24H31NO5S. The van der Waals surface area contributed by atoms with E-state index in [-0.39, 0.29) is 17.6 Å². The average Bonchev–Trinajstić information content (AvgIpc) is 3.27. The third-order valence-corrected chi connectivity index (χ3v) is 8.95. The second kappa shape index (κ2) is 7.62. The van der Waals surface area contributed by atoms with E-state index in [1.165, 1.54) is 4.90 Å². The van der Waals surface area contributed by atoms with Crippen LogP contribution in [0.4, 0.5) is 0 Å². The predicted molar refractivity (Wildman–Crippen MR) is 120 cm³/mol. The highest BCUT2D eigenvalue weighted by Crippen LogP contribution is 2.65. The molecule has 3 atom stereocenters. The molecular weight excluding hydrogens is 414 g/mol. The van der Waals surface area contributed by atoms with Gasteiger partial charge in [-0.2, -0.15) is 11.8 Å². The van der Waals surface area contributed by atoms with E-state index in [2.05, 4.69) is 0 Å². The molecule has 168 valence electrons. The van der Waals surface area contributed by atoms with E-state index < -0.39 is 23.0 Å². The Balaban J connectivity index is 1.44. The molecule has 1 unspecified atom stereocenters. The van der Waals surface area contributed by atoms with Crippen molar-refractivity contribution in [2.75, 3.05) is 18.1 Å². The van der Waals surface area contributed by atoms with Crippen molar-refractivity contribution >= 4 is 29.4 Å². The Morgan fingerprint density at radius 1 is 1.32 bits per heavy atom. The number of aliphatic carboxylic acids is 1. The molecule has 3 aliphatic carbocycles. The number of thioether (sulfide) groups is 1. The number of aliphatic hydroxyl groups is 1. The van der Waals surface area contributed by atoms with Crippen molar-refractivity contribution in [1.29, 1.82) is 0 Å². The Morgan fingerprint density at radius 2 is 2.00 bits per heavy atom. The van der Waals surface area contributed by atoms with Gasteiger partial charge in [0.05, 0.1) is 0 Å². The van der Waals surface area contributed by atoms with Gasteiger partial charge in [-0.15, -0.1) is 0 Å². The van der Waals surface area contributed by atoms with Crippen molar-refractivity contribution in [3.8, 4) is 0 Å². The van der Waals surface area contributed by atoms with Gasteiger partial charge in [0.2, 0.25) is 5.91 Å². The second-order valence-corrected chi connectivity index (χ2v) is 10.7. The fourth-order valence-electron chi connectivity index (χ4n) is 5.58. The number of amides is 1. The molecule has 0 aromatic heterocycles. The number of likely N-dealkylation sites (tertiary alicyclic amines) is 1. The largest absolute Gasteiger partial charge is 0.480 e. The molecule has 1 spiro atoms. The highest BCUT2D eigenvalue weighted by Gasteiger charge is 2.65. The molecule has 6 nitrogen and oxygen atoms in total. The number of nitrogens with zero attached hydrogens (tertiary/aromatic N) is 1. The minimum Gasteiger partial charge on any atom is -0.480 e. The Hall–Kier alpha value is -1.86. The van der Waals surface area contributed by atoms with Crippen LogP contribution in [0.2, 0.25) is 0 Å². The number of ketones is 1. The number of carbonyl (C=O) groups is 3. The Bertz CT molecular complexity index is 953. The van der Waals surface area contributed by atoms with Crippen molar-refractivity contribution < 1.29 is 24.6 Å². The summed E-state index contributed by atoms with van der Waals surface area (Å²) in [5.41, 5.74) is 3.14. The lowest BCUT2D eigenvalue weighted by Crippen LogP contribution is -2.49. The molecule has 1 saturated carbocycles. The molecule has 4 rings (SSSR count). The first-order valence-corrected chi connectivity index (χ1v) is 12.2. The van der Waals surface area contributed by atoms with Crippen LogP contribution in [0.25, 0.3) is 0 Å². The summed E-state index contributed by atoms with van der Waals surface area (Å²) in [7, 11) is 0. The standard InChI is InChI=1S/C24H31NO5S/c1-13-10-16-19(15(3)24(7-8-24)23(4,30)20(16)26)17(13)12-31-11-14(2)21(27)25-9-5-6-18(25)22(28)29/h10,14,18,30H,5-9,11-12H2,1-4H3,(H,28,29)/t14-,18?,23+/m1/s1. The third-order valence-electron chi connectivity index (χ3n) is 7.73. The molecule has 1 heterocycles. The van der Waals surface area contributed by atoms with Crippen LogP contribution in [0.1, 0.15) is 53.4 Å². The maximum Gasteiger partial charge on any atom is 0.326 e. The van der Waals surface area contributed by atoms with E-state index >= 15 is 0 Å². The number of hydrogen-bond donors (Lipinski definition) is 2. The number of fused-ring (bicyclic) bond motifs is 1. The Labute approximate surface area is 187 Å². The second-order valence-electron chi connectivity index (χ2n) is 9.65. The number of rotatable bonds is 6. The zero-order chi connectivity index (χ0) is 22.7. The maximum absolute atomic E-state index is 13.0. The first-order valence-electron chi connectivity index (χ1n) is 11.0. The van der Waals surface area contributed by atoms with Gasteiger partial charge in [0.15, 0.2) is 5.78 Å². The van der Waals surface area contributed by atoms with E-state index in [9.17, 15) is 24.6 Å². The van der Waals surface area contributed by atoms with Crippen LogP contribution in [0.15, 0.2) is 33.9 Å². The van der Waals surface area contributed by atoms with Crippen molar-refractivity contribution in [3.05, 3.63) is 33.9 Å². The fraction of sp³-hybridized carbons (Fsp3) is 0.625. The van der Waals surface area contributed by atoms with Crippen LogP contribution in [-0.2, 0) is 14.4 Å². The van der Waals surface area contributed by atoms with Gasteiger partial charge in [-0.1, -0.05) is 12.5 Å². The van der Waals surface area contributed by atoms with Gasteiger partial charge >= 0.3 is 5.97 Å². The minimum atomic E-state index is -1.34. The molecule has 1 amide bonds. The first-order chi connectivity index (χ1) is 14.5. The fourth-order valence-corrected chi connectivity index (χ4v) is 6.77. The summed E-state index contributed by atoms with van der Waals surface area (Å²) in [4.78, 5) is 38.7. The SMILES string of the molecule is CC1=C(CSC[C@@H](C)C(=O)N2CCCC2C(=O)O)C2=C(C)C3(CC3)[C@@](C)(O)C(=O)C2=C1. The summed E-state index contributed by atoms with van der Waals surface area (Å²) in [5, 5.41) is 20.3. The summed E-state index contributed by atoms with van der Waals surface area (Å²) in [6.07, 6.45) is 4.82. The monoisotopic (exact) mass is 445 g/mol. The van der Waals surface area contributed by atoms with Gasteiger partial charge in [-0.05, 0) is 69.2 Å². The van der Waals surface area contributed by atoms with Gasteiger partial charge < -0.3 is 15.1 Å². The van der Waals surface area contributed by atoms with E-state index in [1.807, 2.05) is 26.8 Å². The molecule has 0 bridgehead atoms. The Morgan fingerprint density at radius 3 is 2.61 bits per heavy atom. The highest BCUT2D eigenvalue weighted by molar-refractivity contribution is 7.99. The van der Waals surface area contributed by atoms with E-state index in [0.717, 1.165) is 41.6 Å².